The third kappa shape index (κ3) is 3.56. The van der Waals surface area contributed by atoms with Crippen LogP contribution < -0.4 is 16.7 Å². The lowest BCUT2D eigenvalue weighted by Crippen LogP contribution is -2.14. The molecule has 0 unspecified atom stereocenters. The molecule has 0 bridgehead atoms. The van der Waals surface area contributed by atoms with Crippen LogP contribution in [-0.2, 0) is 13.1 Å². The highest BCUT2D eigenvalue weighted by Crippen LogP contribution is 2.25. The number of fused-ring (bicyclic) bond motifs is 1. The van der Waals surface area contributed by atoms with Crippen LogP contribution in [0.4, 0.5) is 5.82 Å². The van der Waals surface area contributed by atoms with Gasteiger partial charge in [0.05, 0.1) is 5.39 Å². The smallest absolute Gasteiger partial charge is 0.348 e. The second-order valence-electron chi connectivity index (χ2n) is 6.21. The van der Waals surface area contributed by atoms with Crippen LogP contribution in [0.5, 0.6) is 0 Å². The van der Waals surface area contributed by atoms with Crippen LogP contribution in [0.2, 0.25) is 0 Å². The summed E-state index contributed by atoms with van der Waals surface area (Å²) >= 11 is 0. The molecule has 0 aliphatic rings. The minimum atomic E-state index is -0.422. The molecule has 0 amide bonds. The lowest BCUT2D eigenvalue weighted by atomic mass is 9.98. The van der Waals surface area contributed by atoms with Crippen molar-refractivity contribution >= 4 is 16.9 Å². The van der Waals surface area contributed by atoms with Crippen LogP contribution >= 0.6 is 0 Å². The molecule has 0 aliphatic carbocycles. The molecular formula is C21H19N5O. The summed E-state index contributed by atoms with van der Waals surface area (Å²) in [5.74, 6) is 0.523. The Labute approximate surface area is 156 Å². The van der Waals surface area contributed by atoms with Gasteiger partial charge < -0.3 is 11.1 Å². The monoisotopic (exact) mass is 357 g/mol. The van der Waals surface area contributed by atoms with Crippen LogP contribution in [-0.4, -0.2) is 15.0 Å². The van der Waals surface area contributed by atoms with E-state index >= 15 is 0 Å². The van der Waals surface area contributed by atoms with Gasteiger partial charge in [0.2, 0.25) is 0 Å². The van der Waals surface area contributed by atoms with E-state index in [1.165, 1.54) is 0 Å². The summed E-state index contributed by atoms with van der Waals surface area (Å²) in [5, 5.41) is 4.04. The summed E-state index contributed by atoms with van der Waals surface area (Å²) < 4.78 is 0. The van der Waals surface area contributed by atoms with E-state index in [9.17, 15) is 4.79 Å². The molecule has 0 radical (unpaired) electrons. The molecule has 0 aliphatic heterocycles. The number of benzene rings is 2. The van der Waals surface area contributed by atoms with Crippen molar-refractivity contribution < 1.29 is 0 Å². The fourth-order valence-electron chi connectivity index (χ4n) is 3.14. The Hall–Kier alpha value is -3.51. The lowest BCUT2D eigenvalue weighted by Gasteiger charge is -2.11. The zero-order valence-electron chi connectivity index (χ0n) is 14.6. The van der Waals surface area contributed by atoms with E-state index in [0.717, 1.165) is 27.6 Å². The molecule has 2 heterocycles. The Balaban J connectivity index is 1.63. The first kappa shape index (κ1) is 16.9. The molecule has 4 N–H and O–H groups in total. The Bertz CT molecular complexity index is 1150. The second-order valence-corrected chi connectivity index (χ2v) is 6.21. The van der Waals surface area contributed by atoms with E-state index in [2.05, 4.69) is 38.5 Å². The first-order valence-corrected chi connectivity index (χ1v) is 8.71. The molecule has 134 valence electrons. The van der Waals surface area contributed by atoms with Crippen molar-refractivity contribution in [2.75, 3.05) is 5.32 Å². The average Bonchev–Trinajstić information content (AvgIpc) is 2.72. The highest BCUT2D eigenvalue weighted by molar-refractivity contribution is 5.85. The van der Waals surface area contributed by atoms with Crippen molar-refractivity contribution in [2.24, 2.45) is 5.73 Å². The molecule has 0 saturated heterocycles. The van der Waals surface area contributed by atoms with E-state index in [1.807, 2.05) is 42.5 Å². The SMILES string of the molecule is NCc1ccccc1-c1cccc(CNc2nc(=O)[nH]c3ncccc23)c1. The molecule has 2 aromatic carbocycles. The number of nitrogens with two attached hydrogens (primary N) is 1. The predicted molar refractivity (Wildman–Crippen MR) is 107 cm³/mol. The number of nitrogens with one attached hydrogen (secondary N) is 2. The van der Waals surface area contributed by atoms with Crippen LogP contribution in [0.15, 0.2) is 71.7 Å². The fraction of sp³-hybridized carbons (Fsp3) is 0.0952. The molecule has 27 heavy (non-hydrogen) atoms. The van der Waals surface area contributed by atoms with Crippen LogP contribution in [0.3, 0.4) is 0 Å². The predicted octanol–water partition coefficient (Wildman–Crippen LogP) is 3.06. The molecule has 6 heteroatoms. The molecule has 0 atom stereocenters. The van der Waals surface area contributed by atoms with E-state index in [1.54, 1.807) is 6.20 Å². The highest BCUT2D eigenvalue weighted by atomic mass is 16.1. The lowest BCUT2D eigenvalue weighted by molar-refractivity contribution is 1.05. The quantitative estimate of drug-likeness (QED) is 0.510. The van der Waals surface area contributed by atoms with Gasteiger partial charge in [-0.15, -0.1) is 0 Å². The zero-order chi connectivity index (χ0) is 18.6. The highest BCUT2D eigenvalue weighted by Gasteiger charge is 2.07. The number of hydrogen-bond donors (Lipinski definition) is 3. The van der Waals surface area contributed by atoms with Crippen LogP contribution in [0.25, 0.3) is 22.2 Å². The van der Waals surface area contributed by atoms with Crippen molar-refractivity contribution in [1.82, 2.24) is 15.0 Å². The maximum absolute atomic E-state index is 11.8. The Kier molecular flexibility index (Phi) is 4.63. The first-order valence-electron chi connectivity index (χ1n) is 8.71. The van der Waals surface area contributed by atoms with Crippen molar-refractivity contribution in [3.05, 3.63) is 88.5 Å². The van der Waals surface area contributed by atoms with Crippen molar-refractivity contribution in [2.45, 2.75) is 13.1 Å². The second kappa shape index (κ2) is 7.39. The van der Waals surface area contributed by atoms with Gasteiger partial charge in [-0.25, -0.2) is 9.78 Å². The van der Waals surface area contributed by atoms with Gasteiger partial charge in [-0.05, 0) is 40.5 Å². The van der Waals surface area contributed by atoms with Gasteiger partial charge in [0, 0.05) is 19.3 Å². The third-order valence-corrected chi connectivity index (χ3v) is 4.44. The largest absolute Gasteiger partial charge is 0.365 e. The van der Waals surface area contributed by atoms with Crippen LogP contribution in [0, 0.1) is 0 Å². The Morgan fingerprint density at radius 2 is 1.93 bits per heavy atom. The molecule has 0 fully saturated rings. The van der Waals surface area contributed by atoms with Gasteiger partial charge in [0.1, 0.15) is 11.5 Å². The van der Waals surface area contributed by atoms with Crippen molar-refractivity contribution in [3.8, 4) is 11.1 Å². The summed E-state index contributed by atoms with van der Waals surface area (Å²) in [5.41, 5.74) is 10.4. The number of aromatic nitrogens is 3. The van der Waals surface area contributed by atoms with Gasteiger partial charge >= 0.3 is 5.69 Å². The number of H-pyrrole nitrogens is 1. The molecule has 4 aromatic rings. The van der Waals surface area contributed by atoms with Gasteiger partial charge in [0.25, 0.3) is 0 Å². The van der Waals surface area contributed by atoms with Gasteiger partial charge in [-0.3, -0.25) is 4.98 Å². The summed E-state index contributed by atoms with van der Waals surface area (Å²) in [6.45, 7) is 1.04. The number of nitrogens with zero attached hydrogens (tertiary/aromatic N) is 2. The molecule has 2 aromatic heterocycles. The summed E-state index contributed by atoms with van der Waals surface area (Å²) in [6.07, 6.45) is 1.64. The Morgan fingerprint density at radius 1 is 1.04 bits per heavy atom. The fourth-order valence-corrected chi connectivity index (χ4v) is 3.14. The molecule has 0 spiro atoms. The topological polar surface area (TPSA) is 96.7 Å². The zero-order valence-corrected chi connectivity index (χ0v) is 14.6. The van der Waals surface area contributed by atoms with E-state index in [0.29, 0.717) is 24.6 Å². The summed E-state index contributed by atoms with van der Waals surface area (Å²) in [7, 11) is 0. The first-order chi connectivity index (χ1) is 13.2. The number of hydrogen-bond acceptors (Lipinski definition) is 5. The normalized spacial score (nSPS) is 10.9. The molecule has 0 saturated carbocycles. The number of rotatable bonds is 5. The molecule has 4 rings (SSSR count). The van der Waals surface area contributed by atoms with Gasteiger partial charge in [0.15, 0.2) is 0 Å². The number of aromatic amines is 1. The van der Waals surface area contributed by atoms with E-state index in [4.69, 9.17) is 5.73 Å². The summed E-state index contributed by atoms with van der Waals surface area (Å²) in [4.78, 5) is 22.6. The molecule has 6 nitrogen and oxygen atoms in total. The number of pyridine rings is 1. The van der Waals surface area contributed by atoms with E-state index < -0.39 is 5.69 Å². The third-order valence-electron chi connectivity index (χ3n) is 4.44. The average molecular weight is 357 g/mol. The standard InChI is InChI=1S/C21H19N5O/c22-12-16-6-1-2-8-17(16)15-7-3-5-14(11-15)13-24-20-18-9-4-10-23-19(18)25-21(27)26-20/h1-11H,12-13,22H2,(H2,23,24,25,26,27). The number of anilines is 1. The maximum Gasteiger partial charge on any atom is 0.348 e. The maximum atomic E-state index is 11.8. The van der Waals surface area contributed by atoms with Crippen LogP contribution in [0.1, 0.15) is 11.1 Å². The van der Waals surface area contributed by atoms with E-state index in [-0.39, 0.29) is 0 Å². The van der Waals surface area contributed by atoms with Crippen molar-refractivity contribution in [1.29, 1.82) is 0 Å². The van der Waals surface area contributed by atoms with Crippen molar-refractivity contribution in [3.63, 3.8) is 0 Å². The summed E-state index contributed by atoms with van der Waals surface area (Å²) in [6, 6.07) is 20.1. The minimum Gasteiger partial charge on any atom is -0.365 e. The van der Waals surface area contributed by atoms with Gasteiger partial charge in [-0.2, -0.15) is 4.98 Å². The molecular weight excluding hydrogens is 338 g/mol. The van der Waals surface area contributed by atoms with Gasteiger partial charge in [-0.1, -0.05) is 42.5 Å². The minimum absolute atomic E-state index is 0.422. The Morgan fingerprint density at radius 3 is 2.81 bits per heavy atom.